The minimum absolute atomic E-state index is 0.584. The molecule has 0 saturated carbocycles. The molecule has 0 unspecified atom stereocenters. The summed E-state index contributed by atoms with van der Waals surface area (Å²) in [4.78, 5) is 40.5. The van der Waals surface area contributed by atoms with Crippen molar-refractivity contribution >= 4 is 53.9 Å². The molecule has 4 aromatic heterocycles. The van der Waals surface area contributed by atoms with Crippen LogP contribution in [0, 0.1) is 0 Å². The van der Waals surface area contributed by atoms with Gasteiger partial charge in [0.1, 0.15) is 0 Å². The Balaban J connectivity index is 0.974. The number of hydrogen-bond donors (Lipinski definition) is 0. The molecule has 0 fully saturated rings. The predicted octanol–water partition coefficient (Wildman–Crippen LogP) is 15.4. The van der Waals surface area contributed by atoms with Crippen LogP contribution < -0.4 is 0 Å². The normalized spacial score (nSPS) is 11.6. The maximum atomic E-state index is 5.34. The van der Waals surface area contributed by atoms with Crippen molar-refractivity contribution in [2.75, 3.05) is 0 Å². The lowest BCUT2D eigenvalue weighted by Crippen LogP contribution is -2.02. The molecule has 14 aromatic rings. The zero-order valence-electron chi connectivity index (χ0n) is 38.5. The van der Waals surface area contributed by atoms with Gasteiger partial charge in [-0.05, 0) is 101 Å². The summed E-state index contributed by atoms with van der Waals surface area (Å²) in [7, 11) is 0. The van der Waals surface area contributed by atoms with Crippen molar-refractivity contribution in [1.82, 2.24) is 39.9 Å². The SMILES string of the molecule is c1cncc(-c2cccc(-c3nc(-c4cccc5ccccc45)nc(-c4ccc5ccc6c(-c7nc(-c8cccc(-c9cccnc9)c8)nc(-c8cccc9ccccc89)n7)ccc7ccc4c5c76)n3)c2)c1. The highest BCUT2D eigenvalue weighted by atomic mass is 15.0. The van der Waals surface area contributed by atoms with Gasteiger partial charge in [0.25, 0.3) is 0 Å². The second-order valence-corrected chi connectivity index (χ2v) is 18.0. The van der Waals surface area contributed by atoms with Crippen molar-refractivity contribution in [3.8, 4) is 90.6 Å². The Morgan fingerprint density at radius 3 is 1.03 bits per heavy atom. The van der Waals surface area contributed by atoms with Crippen molar-refractivity contribution in [2.24, 2.45) is 0 Å². The zero-order chi connectivity index (χ0) is 47.5. The zero-order valence-corrected chi connectivity index (χ0v) is 38.5. The first kappa shape index (κ1) is 41.1. The Kier molecular flexibility index (Phi) is 9.67. The van der Waals surface area contributed by atoms with Crippen LogP contribution in [0.25, 0.3) is 144 Å². The molecule has 0 aliphatic heterocycles. The standard InChI is InChI=1S/C64H38N8/c1-3-21-49-39(11-1)13-7-23-53(49)61-67-59(45-17-5-15-43(35-45)47-19-9-33-65-37-47)69-63(71-61)55-31-27-41-26-30-52-56(32-28-42-25-29-51(55)57(41)58(42)52)64-70-60(46-18-6-16-44(36-46)48-20-10-34-66-38-48)68-62(72-64)54-24-8-14-40-12-2-4-22-50(40)54/h1-38H. The van der Waals surface area contributed by atoms with Gasteiger partial charge in [-0.1, -0.05) is 170 Å². The van der Waals surface area contributed by atoms with E-state index < -0.39 is 0 Å². The fourth-order valence-electron chi connectivity index (χ4n) is 10.3. The highest BCUT2D eigenvalue weighted by Gasteiger charge is 2.22. The highest BCUT2D eigenvalue weighted by molar-refractivity contribution is 6.27. The van der Waals surface area contributed by atoms with Gasteiger partial charge in [0, 0.05) is 69.3 Å². The molecule has 0 aliphatic rings. The van der Waals surface area contributed by atoms with Crippen LogP contribution in [0.1, 0.15) is 0 Å². The highest BCUT2D eigenvalue weighted by Crippen LogP contribution is 2.43. The molecule has 0 atom stereocenters. The smallest absolute Gasteiger partial charge is 0.164 e. The number of aromatic nitrogens is 8. The summed E-state index contributed by atoms with van der Waals surface area (Å²) in [6.07, 6.45) is 7.33. The monoisotopic (exact) mass is 918 g/mol. The average Bonchev–Trinajstić information content (AvgIpc) is 3.46. The van der Waals surface area contributed by atoms with E-state index in [2.05, 4.69) is 192 Å². The Bertz CT molecular complexity index is 4110. The third-order valence-electron chi connectivity index (χ3n) is 13.7. The van der Waals surface area contributed by atoms with Gasteiger partial charge in [-0.25, -0.2) is 29.9 Å². The van der Waals surface area contributed by atoms with Crippen molar-refractivity contribution in [2.45, 2.75) is 0 Å². The molecule has 0 bridgehead atoms. The van der Waals surface area contributed by atoms with Crippen molar-refractivity contribution < 1.29 is 0 Å². The number of nitrogens with zero attached hydrogens (tertiary/aromatic N) is 8. The Hall–Kier alpha value is -9.92. The van der Waals surface area contributed by atoms with Gasteiger partial charge < -0.3 is 0 Å². The summed E-state index contributed by atoms with van der Waals surface area (Å²) in [6.45, 7) is 0. The summed E-state index contributed by atoms with van der Waals surface area (Å²) < 4.78 is 0. The maximum Gasteiger partial charge on any atom is 0.164 e. The number of benzene rings is 10. The summed E-state index contributed by atoms with van der Waals surface area (Å²) in [5.74, 6) is 3.54. The first-order valence-corrected chi connectivity index (χ1v) is 23.9. The molecule has 0 saturated heterocycles. The van der Waals surface area contributed by atoms with Crippen LogP contribution in [-0.2, 0) is 0 Å². The van der Waals surface area contributed by atoms with E-state index in [0.29, 0.717) is 34.9 Å². The lowest BCUT2D eigenvalue weighted by Gasteiger charge is -2.17. The van der Waals surface area contributed by atoms with Gasteiger partial charge in [0.05, 0.1) is 0 Å². The lowest BCUT2D eigenvalue weighted by molar-refractivity contribution is 1.08. The van der Waals surface area contributed by atoms with Gasteiger partial charge in [0.2, 0.25) is 0 Å². The summed E-state index contributed by atoms with van der Waals surface area (Å²) in [6, 6.07) is 71.5. The number of hydrogen-bond acceptors (Lipinski definition) is 8. The second-order valence-electron chi connectivity index (χ2n) is 18.0. The van der Waals surface area contributed by atoms with Gasteiger partial charge in [0.15, 0.2) is 34.9 Å². The fraction of sp³-hybridized carbons (Fsp3) is 0. The topological polar surface area (TPSA) is 103 Å². The molecule has 8 heteroatoms. The molecule has 334 valence electrons. The molecule has 8 nitrogen and oxygen atoms in total. The summed E-state index contributed by atoms with van der Waals surface area (Å²) >= 11 is 0. The van der Waals surface area contributed by atoms with Gasteiger partial charge in [-0.2, -0.15) is 0 Å². The third kappa shape index (κ3) is 7.08. The lowest BCUT2D eigenvalue weighted by atomic mass is 9.89. The molecule has 10 aromatic carbocycles. The molecular formula is C64H38N8. The fourth-order valence-corrected chi connectivity index (χ4v) is 10.3. The van der Waals surface area contributed by atoms with Crippen molar-refractivity contribution in [3.05, 3.63) is 231 Å². The first-order valence-electron chi connectivity index (χ1n) is 23.9. The van der Waals surface area contributed by atoms with Crippen LogP contribution >= 0.6 is 0 Å². The van der Waals surface area contributed by atoms with E-state index in [1.165, 1.54) is 0 Å². The van der Waals surface area contributed by atoms with Crippen LogP contribution in [0.4, 0.5) is 0 Å². The molecule has 14 rings (SSSR count). The maximum absolute atomic E-state index is 5.34. The Labute approximate surface area is 413 Å². The van der Waals surface area contributed by atoms with E-state index >= 15 is 0 Å². The molecule has 0 N–H and O–H groups in total. The summed E-state index contributed by atoms with van der Waals surface area (Å²) in [5.41, 5.74) is 9.54. The number of fused-ring (bicyclic) bond motifs is 2. The minimum Gasteiger partial charge on any atom is -0.264 e. The number of rotatable bonds is 8. The van der Waals surface area contributed by atoms with E-state index in [1.54, 1.807) is 12.4 Å². The molecule has 0 spiro atoms. The minimum atomic E-state index is 0.584. The van der Waals surface area contributed by atoms with Gasteiger partial charge in [-0.3, -0.25) is 9.97 Å². The van der Waals surface area contributed by atoms with Crippen LogP contribution in [-0.4, -0.2) is 39.9 Å². The van der Waals surface area contributed by atoms with Crippen LogP contribution in [0.2, 0.25) is 0 Å². The van der Waals surface area contributed by atoms with E-state index in [9.17, 15) is 0 Å². The third-order valence-corrected chi connectivity index (χ3v) is 13.7. The molecule has 0 amide bonds. The molecule has 72 heavy (non-hydrogen) atoms. The molecule has 0 aliphatic carbocycles. The van der Waals surface area contributed by atoms with Crippen molar-refractivity contribution in [1.29, 1.82) is 0 Å². The largest absolute Gasteiger partial charge is 0.264 e. The summed E-state index contributed by atoms with van der Waals surface area (Å²) in [5, 5.41) is 10.9. The molecule has 0 radical (unpaired) electrons. The Morgan fingerprint density at radius 1 is 0.222 bits per heavy atom. The van der Waals surface area contributed by atoms with Gasteiger partial charge in [-0.15, -0.1) is 0 Å². The quantitative estimate of drug-likeness (QED) is 0.139. The van der Waals surface area contributed by atoms with Crippen LogP contribution in [0.3, 0.4) is 0 Å². The second kappa shape index (κ2) is 16.9. The van der Waals surface area contributed by atoms with Crippen LogP contribution in [0.5, 0.6) is 0 Å². The number of pyridine rings is 2. The van der Waals surface area contributed by atoms with Crippen molar-refractivity contribution in [3.63, 3.8) is 0 Å². The van der Waals surface area contributed by atoms with E-state index in [1.807, 2.05) is 36.7 Å². The van der Waals surface area contributed by atoms with E-state index in [-0.39, 0.29) is 0 Å². The first-order chi connectivity index (χ1) is 35.7. The predicted molar refractivity (Wildman–Crippen MR) is 291 cm³/mol. The van der Waals surface area contributed by atoms with E-state index in [4.69, 9.17) is 29.9 Å². The van der Waals surface area contributed by atoms with Gasteiger partial charge >= 0.3 is 0 Å². The molecule has 4 heterocycles. The molecular weight excluding hydrogens is 881 g/mol. The average molecular weight is 919 g/mol. The Morgan fingerprint density at radius 2 is 0.583 bits per heavy atom. The van der Waals surface area contributed by atoms with Crippen LogP contribution in [0.15, 0.2) is 231 Å². The van der Waals surface area contributed by atoms with E-state index in [0.717, 1.165) is 109 Å².